The Bertz CT molecular complexity index is 742. The third-order valence-electron chi connectivity index (χ3n) is 4.37. The molecule has 0 aliphatic carbocycles. The first-order valence-corrected chi connectivity index (χ1v) is 9.38. The third kappa shape index (κ3) is 3.95. The standard InChI is InChI=1S/C17H22FN5OS/c1-3-23-13(2)19-20-17(23)25-12-16(24)22-10-8-21(9-11-22)15-7-5-4-6-14(15)18/h4-7H,3,8-12H2,1-2H3. The number of amides is 1. The smallest absolute Gasteiger partial charge is 0.233 e. The minimum atomic E-state index is -0.216. The van der Waals surface area contributed by atoms with Crippen molar-refractivity contribution >= 4 is 23.4 Å². The average Bonchev–Trinajstić information content (AvgIpc) is 3.00. The molecule has 0 unspecified atom stereocenters. The number of nitrogens with zero attached hydrogens (tertiary/aromatic N) is 5. The molecule has 1 fully saturated rings. The highest BCUT2D eigenvalue weighted by Crippen LogP contribution is 2.21. The molecule has 2 heterocycles. The summed E-state index contributed by atoms with van der Waals surface area (Å²) in [5, 5.41) is 8.95. The number of hydrogen-bond acceptors (Lipinski definition) is 5. The van der Waals surface area contributed by atoms with Gasteiger partial charge in [0.15, 0.2) is 5.16 Å². The maximum atomic E-state index is 13.9. The van der Waals surface area contributed by atoms with E-state index in [0.29, 0.717) is 37.6 Å². The van der Waals surface area contributed by atoms with Crippen molar-refractivity contribution in [3.05, 3.63) is 35.9 Å². The predicted octanol–water partition coefficient (Wildman–Crippen LogP) is 2.19. The van der Waals surface area contributed by atoms with E-state index in [2.05, 4.69) is 10.2 Å². The Morgan fingerprint density at radius 3 is 2.60 bits per heavy atom. The van der Waals surface area contributed by atoms with Gasteiger partial charge in [-0.1, -0.05) is 23.9 Å². The summed E-state index contributed by atoms with van der Waals surface area (Å²) in [6.45, 7) is 7.22. The molecule has 1 aromatic carbocycles. The number of carbonyl (C=O) groups is 1. The summed E-state index contributed by atoms with van der Waals surface area (Å²) < 4.78 is 15.9. The predicted molar refractivity (Wildman–Crippen MR) is 96.4 cm³/mol. The lowest BCUT2D eigenvalue weighted by Gasteiger charge is -2.36. The molecule has 0 radical (unpaired) electrons. The van der Waals surface area contributed by atoms with Crippen LogP contribution in [0.15, 0.2) is 29.4 Å². The van der Waals surface area contributed by atoms with E-state index in [1.807, 2.05) is 34.3 Å². The minimum absolute atomic E-state index is 0.0847. The van der Waals surface area contributed by atoms with E-state index >= 15 is 0 Å². The second-order valence-electron chi connectivity index (χ2n) is 5.88. The lowest BCUT2D eigenvalue weighted by molar-refractivity contribution is -0.128. The third-order valence-corrected chi connectivity index (χ3v) is 5.32. The molecule has 1 saturated heterocycles. The van der Waals surface area contributed by atoms with Crippen molar-refractivity contribution in [2.75, 3.05) is 36.8 Å². The summed E-state index contributed by atoms with van der Waals surface area (Å²) in [5.41, 5.74) is 0.607. The number of para-hydroxylation sites is 1. The van der Waals surface area contributed by atoms with Crippen molar-refractivity contribution in [3.8, 4) is 0 Å². The van der Waals surface area contributed by atoms with Gasteiger partial charge < -0.3 is 14.4 Å². The van der Waals surface area contributed by atoms with Crippen LogP contribution in [0.5, 0.6) is 0 Å². The van der Waals surface area contributed by atoms with E-state index in [9.17, 15) is 9.18 Å². The number of carbonyl (C=O) groups excluding carboxylic acids is 1. The highest BCUT2D eigenvalue weighted by Gasteiger charge is 2.23. The van der Waals surface area contributed by atoms with E-state index in [1.54, 1.807) is 12.1 Å². The van der Waals surface area contributed by atoms with Crippen molar-refractivity contribution in [1.29, 1.82) is 0 Å². The molecule has 134 valence electrons. The fourth-order valence-electron chi connectivity index (χ4n) is 2.95. The van der Waals surface area contributed by atoms with Gasteiger partial charge in [-0.2, -0.15) is 0 Å². The molecule has 1 aliphatic heterocycles. The topological polar surface area (TPSA) is 54.3 Å². The Hall–Kier alpha value is -2.09. The molecule has 2 aromatic rings. The highest BCUT2D eigenvalue weighted by molar-refractivity contribution is 7.99. The van der Waals surface area contributed by atoms with Crippen LogP contribution < -0.4 is 4.90 Å². The molecule has 8 heteroatoms. The molecule has 6 nitrogen and oxygen atoms in total. The number of halogens is 1. The lowest BCUT2D eigenvalue weighted by atomic mass is 10.2. The molecule has 0 bridgehead atoms. The molecule has 1 aromatic heterocycles. The maximum Gasteiger partial charge on any atom is 0.233 e. The first-order valence-electron chi connectivity index (χ1n) is 8.40. The van der Waals surface area contributed by atoms with Crippen molar-refractivity contribution in [1.82, 2.24) is 19.7 Å². The molecule has 0 spiro atoms. The average molecular weight is 363 g/mol. The molecule has 1 amide bonds. The van der Waals surface area contributed by atoms with Crippen LogP contribution in [0.3, 0.4) is 0 Å². The summed E-state index contributed by atoms with van der Waals surface area (Å²) in [6.07, 6.45) is 0. The van der Waals surface area contributed by atoms with Crippen LogP contribution in [0.2, 0.25) is 0 Å². The van der Waals surface area contributed by atoms with Crippen molar-refractivity contribution in [3.63, 3.8) is 0 Å². The van der Waals surface area contributed by atoms with Crippen LogP contribution in [-0.2, 0) is 11.3 Å². The summed E-state index contributed by atoms with van der Waals surface area (Å²) in [6, 6.07) is 6.77. The fraction of sp³-hybridized carbons (Fsp3) is 0.471. The Labute approximate surface area is 151 Å². The molecule has 1 aliphatic rings. The van der Waals surface area contributed by atoms with E-state index in [4.69, 9.17) is 0 Å². The number of benzene rings is 1. The molecular weight excluding hydrogens is 341 g/mol. The zero-order valence-electron chi connectivity index (χ0n) is 14.5. The Kier molecular flexibility index (Phi) is 5.57. The largest absolute Gasteiger partial charge is 0.366 e. The van der Waals surface area contributed by atoms with E-state index in [1.165, 1.54) is 17.8 Å². The van der Waals surface area contributed by atoms with Crippen molar-refractivity contribution in [2.45, 2.75) is 25.5 Å². The number of piperazine rings is 1. The van der Waals surface area contributed by atoms with Crippen LogP contribution in [-0.4, -0.2) is 57.5 Å². The van der Waals surface area contributed by atoms with E-state index in [-0.39, 0.29) is 11.7 Å². The molecule has 3 rings (SSSR count). The summed E-state index contributed by atoms with van der Waals surface area (Å²) in [4.78, 5) is 16.3. The van der Waals surface area contributed by atoms with E-state index < -0.39 is 0 Å². The van der Waals surface area contributed by atoms with Gasteiger partial charge in [-0.15, -0.1) is 10.2 Å². The lowest BCUT2D eigenvalue weighted by Crippen LogP contribution is -2.49. The van der Waals surface area contributed by atoms with Gasteiger partial charge >= 0.3 is 0 Å². The second kappa shape index (κ2) is 7.86. The van der Waals surface area contributed by atoms with Gasteiger partial charge in [0.1, 0.15) is 11.6 Å². The molecule has 25 heavy (non-hydrogen) atoms. The van der Waals surface area contributed by atoms with Gasteiger partial charge in [0.05, 0.1) is 11.4 Å². The Morgan fingerprint density at radius 2 is 1.92 bits per heavy atom. The van der Waals surface area contributed by atoms with Gasteiger partial charge in [-0.3, -0.25) is 4.79 Å². The molecule has 0 atom stereocenters. The molecular formula is C17H22FN5OS. The van der Waals surface area contributed by atoms with Crippen LogP contribution in [0.1, 0.15) is 12.7 Å². The normalized spacial score (nSPS) is 14.8. The SMILES string of the molecule is CCn1c(C)nnc1SCC(=O)N1CCN(c2ccccc2F)CC1. The van der Waals surface area contributed by atoms with Crippen LogP contribution >= 0.6 is 11.8 Å². The van der Waals surface area contributed by atoms with Gasteiger partial charge in [-0.25, -0.2) is 4.39 Å². The zero-order valence-corrected chi connectivity index (χ0v) is 15.3. The van der Waals surface area contributed by atoms with Crippen LogP contribution in [0.4, 0.5) is 10.1 Å². The Morgan fingerprint density at radius 1 is 1.20 bits per heavy atom. The zero-order chi connectivity index (χ0) is 17.8. The van der Waals surface area contributed by atoms with Gasteiger partial charge in [0.25, 0.3) is 0 Å². The Balaban J connectivity index is 1.52. The summed E-state index contributed by atoms with van der Waals surface area (Å²) in [7, 11) is 0. The van der Waals surface area contributed by atoms with Crippen molar-refractivity contribution < 1.29 is 9.18 Å². The van der Waals surface area contributed by atoms with Gasteiger partial charge in [0, 0.05) is 32.7 Å². The number of thioether (sulfide) groups is 1. The second-order valence-corrected chi connectivity index (χ2v) is 6.82. The number of anilines is 1. The van der Waals surface area contributed by atoms with E-state index in [0.717, 1.165) is 17.5 Å². The first-order chi connectivity index (χ1) is 12.1. The molecule has 0 saturated carbocycles. The first kappa shape index (κ1) is 17.7. The quantitative estimate of drug-likeness (QED) is 0.762. The number of rotatable bonds is 5. The maximum absolute atomic E-state index is 13.9. The van der Waals surface area contributed by atoms with Crippen LogP contribution in [0.25, 0.3) is 0 Å². The molecule has 0 N–H and O–H groups in total. The monoisotopic (exact) mass is 363 g/mol. The van der Waals surface area contributed by atoms with Crippen LogP contribution in [0, 0.1) is 12.7 Å². The van der Waals surface area contributed by atoms with Gasteiger partial charge in [0.2, 0.25) is 5.91 Å². The number of aromatic nitrogens is 3. The van der Waals surface area contributed by atoms with Gasteiger partial charge in [-0.05, 0) is 26.0 Å². The fourth-order valence-corrected chi connectivity index (χ4v) is 3.91. The summed E-state index contributed by atoms with van der Waals surface area (Å²) in [5.74, 6) is 1.07. The number of hydrogen-bond donors (Lipinski definition) is 0. The summed E-state index contributed by atoms with van der Waals surface area (Å²) >= 11 is 1.42. The van der Waals surface area contributed by atoms with Crippen molar-refractivity contribution in [2.24, 2.45) is 0 Å². The number of aryl methyl sites for hydroxylation is 1. The highest BCUT2D eigenvalue weighted by atomic mass is 32.2. The minimum Gasteiger partial charge on any atom is -0.366 e.